The van der Waals surface area contributed by atoms with E-state index in [1.54, 1.807) is 15.9 Å². The summed E-state index contributed by atoms with van der Waals surface area (Å²) >= 11 is 0. The quantitative estimate of drug-likeness (QED) is 0.560. The molecule has 4 rings (SSSR count). The zero-order valence-corrected chi connectivity index (χ0v) is 17.4. The molecule has 0 bridgehead atoms. The van der Waals surface area contributed by atoms with E-state index in [1.807, 2.05) is 0 Å². The van der Waals surface area contributed by atoms with Gasteiger partial charge in [0.1, 0.15) is 11.5 Å². The Balaban J connectivity index is 1.44. The largest absolute Gasteiger partial charge is 0.416 e. The van der Waals surface area contributed by atoms with Gasteiger partial charge in [-0.2, -0.15) is 18.3 Å². The second kappa shape index (κ2) is 9.05. The maximum atomic E-state index is 13.1. The van der Waals surface area contributed by atoms with Crippen molar-refractivity contribution in [3.63, 3.8) is 0 Å². The average Bonchev–Trinajstić information content (AvgIpc) is 2.81. The summed E-state index contributed by atoms with van der Waals surface area (Å²) < 4.78 is 53.2. The zero-order valence-electron chi connectivity index (χ0n) is 17.4. The van der Waals surface area contributed by atoms with Crippen molar-refractivity contribution in [2.75, 3.05) is 31.1 Å². The topological polar surface area (TPSA) is 58.4 Å². The SMILES string of the molecule is O=C(c1ccc(=O)n(Cc2ccc(F)cc2)n1)N1CCN(c2cccc(C(F)(F)F)c2)CC1. The summed E-state index contributed by atoms with van der Waals surface area (Å²) in [6.45, 7) is 1.41. The van der Waals surface area contributed by atoms with Crippen molar-refractivity contribution >= 4 is 11.6 Å². The first-order chi connectivity index (χ1) is 15.7. The van der Waals surface area contributed by atoms with Gasteiger partial charge in [0.15, 0.2) is 0 Å². The highest BCUT2D eigenvalue weighted by molar-refractivity contribution is 5.92. The molecule has 2 heterocycles. The molecule has 0 atom stereocenters. The lowest BCUT2D eigenvalue weighted by atomic mass is 10.1. The maximum Gasteiger partial charge on any atom is 0.416 e. The molecule has 6 nitrogen and oxygen atoms in total. The van der Waals surface area contributed by atoms with Gasteiger partial charge in [-0.05, 0) is 42.0 Å². The van der Waals surface area contributed by atoms with Crippen molar-refractivity contribution in [3.8, 4) is 0 Å². The fourth-order valence-electron chi connectivity index (χ4n) is 3.65. The van der Waals surface area contributed by atoms with Gasteiger partial charge < -0.3 is 9.80 Å². The van der Waals surface area contributed by atoms with Crippen molar-refractivity contribution in [2.45, 2.75) is 12.7 Å². The number of nitrogens with zero attached hydrogens (tertiary/aromatic N) is 4. The van der Waals surface area contributed by atoms with Gasteiger partial charge in [-0.25, -0.2) is 9.07 Å². The first-order valence-electron chi connectivity index (χ1n) is 10.2. The number of carbonyl (C=O) groups excluding carboxylic acids is 1. The van der Waals surface area contributed by atoms with Gasteiger partial charge in [0.05, 0.1) is 12.1 Å². The average molecular weight is 460 g/mol. The molecule has 33 heavy (non-hydrogen) atoms. The van der Waals surface area contributed by atoms with E-state index in [0.717, 1.165) is 16.8 Å². The van der Waals surface area contributed by atoms with Gasteiger partial charge >= 0.3 is 6.18 Å². The summed E-state index contributed by atoms with van der Waals surface area (Å²) in [5, 5.41) is 4.16. The Kier molecular flexibility index (Phi) is 6.17. The zero-order chi connectivity index (χ0) is 23.6. The van der Waals surface area contributed by atoms with Crippen molar-refractivity contribution in [2.24, 2.45) is 0 Å². The van der Waals surface area contributed by atoms with Gasteiger partial charge in [-0.3, -0.25) is 9.59 Å². The first-order valence-corrected chi connectivity index (χ1v) is 10.2. The highest BCUT2D eigenvalue weighted by Gasteiger charge is 2.31. The van der Waals surface area contributed by atoms with Gasteiger partial charge in [0.2, 0.25) is 0 Å². The molecule has 0 radical (unpaired) electrons. The number of hydrogen-bond donors (Lipinski definition) is 0. The third-order valence-electron chi connectivity index (χ3n) is 5.44. The number of piperazine rings is 1. The van der Waals surface area contributed by atoms with Crippen LogP contribution < -0.4 is 10.5 Å². The Morgan fingerprint density at radius 1 is 0.939 bits per heavy atom. The third kappa shape index (κ3) is 5.21. The number of aromatic nitrogens is 2. The number of hydrogen-bond acceptors (Lipinski definition) is 4. The van der Waals surface area contributed by atoms with E-state index < -0.39 is 23.1 Å². The van der Waals surface area contributed by atoms with Crippen molar-refractivity contribution in [3.05, 3.63) is 93.7 Å². The maximum absolute atomic E-state index is 13.1. The highest BCUT2D eigenvalue weighted by atomic mass is 19.4. The lowest BCUT2D eigenvalue weighted by Gasteiger charge is -2.36. The number of halogens is 4. The van der Waals surface area contributed by atoms with E-state index in [1.165, 1.54) is 42.5 Å². The van der Waals surface area contributed by atoms with Crippen LogP contribution in [0.3, 0.4) is 0 Å². The molecule has 10 heteroatoms. The molecule has 0 spiro atoms. The van der Waals surface area contributed by atoms with Crippen LogP contribution >= 0.6 is 0 Å². The van der Waals surface area contributed by atoms with Crippen LogP contribution in [0.2, 0.25) is 0 Å². The fraction of sp³-hybridized carbons (Fsp3) is 0.261. The van der Waals surface area contributed by atoms with E-state index in [-0.39, 0.29) is 18.1 Å². The summed E-state index contributed by atoms with van der Waals surface area (Å²) in [5.41, 5.74) is 0.0776. The lowest BCUT2D eigenvalue weighted by molar-refractivity contribution is -0.137. The van der Waals surface area contributed by atoms with Crippen LogP contribution in [0.25, 0.3) is 0 Å². The molecule has 0 unspecified atom stereocenters. The van der Waals surface area contributed by atoms with E-state index >= 15 is 0 Å². The van der Waals surface area contributed by atoms with Crippen molar-refractivity contribution in [1.29, 1.82) is 0 Å². The molecule has 1 aliphatic heterocycles. The summed E-state index contributed by atoms with van der Waals surface area (Å²) in [6.07, 6.45) is -4.42. The number of alkyl halides is 3. The summed E-state index contributed by atoms with van der Waals surface area (Å²) in [4.78, 5) is 28.4. The van der Waals surface area contributed by atoms with Crippen molar-refractivity contribution < 1.29 is 22.4 Å². The predicted molar refractivity (Wildman–Crippen MR) is 114 cm³/mol. The fourth-order valence-corrected chi connectivity index (χ4v) is 3.65. The number of rotatable bonds is 4. The molecule has 1 aliphatic rings. The Bertz CT molecular complexity index is 1200. The molecule has 1 saturated heterocycles. The number of amides is 1. The molecule has 1 fully saturated rings. The minimum absolute atomic E-state index is 0.0869. The normalized spacial score (nSPS) is 14.4. The number of benzene rings is 2. The first kappa shape index (κ1) is 22.5. The molecular formula is C23H20F4N4O2. The van der Waals surface area contributed by atoms with E-state index in [2.05, 4.69) is 5.10 Å². The monoisotopic (exact) mass is 460 g/mol. The Morgan fingerprint density at radius 2 is 1.64 bits per heavy atom. The molecule has 0 N–H and O–H groups in total. The third-order valence-corrected chi connectivity index (χ3v) is 5.44. The van der Waals surface area contributed by atoms with Crippen LogP contribution in [0.1, 0.15) is 21.6 Å². The van der Waals surface area contributed by atoms with Crippen molar-refractivity contribution in [1.82, 2.24) is 14.7 Å². The number of carbonyl (C=O) groups is 1. The van der Waals surface area contributed by atoms with Gasteiger partial charge in [-0.15, -0.1) is 0 Å². The molecule has 3 aromatic rings. The van der Waals surface area contributed by atoms with E-state index in [0.29, 0.717) is 37.4 Å². The van der Waals surface area contributed by atoms with Gasteiger partial charge in [0.25, 0.3) is 11.5 Å². The molecule has 1 aromatic heterocycles. The second-order valence-electron chi connectivity index (χ2n) is 7.67. The van der Waals surface area contributed by atoms with Gasteiger partial charge in [-0.1, -0.05) is 18.2 Å². The minimum Gasteiger partial charge on any atom is -0.368 e. The Labute approximate surface area is 186 Å². The van der Waals surface area contributed by atoms with E-state index in [4.69, 9.17) is 0 Å². The summed E-state index contributed by atoms with van der Waals surface area (Å²) in [6, 6.07) is 13.3. The molecule has 1 amide bonds. The standard InChI is InChI=1S/C23H20F4N4O2/c24-18-6-4-16(5-7-18)15-31-21(32)9-8-20(28-31)22(33)30-12-10-29(11-13-30)19-3-1-2-17(14-19)23(25,26)27/h1-9,14H,10-13,15H2. The van der Waals surface area contributed by atoms with Crippen LogP contribution in [0.15, 0.2) is 65.5 Å². The smallest absolute Gasteiger partial charge is 0.368 e. The second-order valence-corrected chi connectivity index (χ2v) is 7.67. The summed E-state index contributed by atoms with van der Waals surface area (Å²) in [7, 11) is 0. The highest BCUT2D eigenvalue weighted by Crippen LogP contribution is 2.31. The molecule has 2 aromatic carbocycles. The number of anilines is 1. The van der Waals surface area contributed by atoms with E-state index in [9.17, 15) is 27.2 Å². The molecule has 0 aliphatic carbocycles. The van der Waals surface area contributed by atoms with Crippen LogP contribution in [0, 0.1) is 5.82 Å². The Morgan fingerprint density at radius 3 is 2.30 bits per heavy atom. The van der Waals surface area contributed by atoms with Crippen LogP contribution in [-0.2, 0) is 12.7 Å². The van der Waals surface area contributed by atoms with Crippen LogP contribution in [0.5, 0.6) is 0 Å². The molecule has 0 saturated carbocycles. The summed E-state index contributed by atoms with van der Waals surface area (Å²) in [5.74, 6) is -0.765. The van der Waals surface area contributed by atoms with Gasteiger partial charge in [0, 0.05) is 37.9 Å². The van der Waals surface area contributed by atoms with Crippen LogP contribution in [0.4, 0.5) is 23.2 Å². The van der Waals surface area contributed by atoms with Crippen LogP contribution in [-0.4, -0.2) is 46.8 Å². The Hall–Kier alpha value is -3.69. The minimum atomic E-state index is -4.42. The predicted octanol–water partition coefficient (Wildman–Crippen LogP) is 3.41. The molecule has 172 valence electrons. The lowest BCUT2D eigenvalue weighted by Crippen LogP contribution is -2.49. The molecular weight excluding hydrogens is 440 g/mol.